The van der Waals surface area contributed by atoms with Crippen molar-refractivity contribution in [1.29, 1.82) is 0 Å². The molecule has 0 bridgehead atoms. The zero-order valence-corrected chi connectivity index (χ0v) is 24.2. The summed E-state index contributed by atoms with van der Waals surface area (Å²) in [6, 6.07) is 10.6. The fourth-order valence-corrected chi connectivity index (χ4v) is 5.70. The molecule has 0 N–H and O–H groups in total. The highest BCUT2D eigenvalue weighted by Gasteiger charge is 2.48. The molecule has 1 heterocycles. The van der Waals surface area contributed by atoms with Crippen molar-refractivity contribution in [3.05, 3.63) is 88.6 Å². The van der Waals surface area contributed by atoms with Gasteiger partial charge in [-0.3, -0.25) is 4.98 Å². The number of alkyl halides is 9. The third kappa shape index (κ3) is 6.70. The van der Waals surface area contributed by atoms with Gasteiger partial charge in [0.2, 0.25) is 0 Å². The Hall–Kier alpha value is -3.56. The normalized spacial score (nSPS) is 18.8. The van der Waals surface area contributed by atoms with Crippen molar-refractivity contribution >= 4 is 10.8 Å². The van der Waals surface area contributed by atoms with Crippen LogP contribution in [0.15, 0.2) is 60.8 Å². The number of aryl methyl sites for hydroxylation is 1. The van der Waals surface area contributed by atoms with Gasteiger partial charge in [-0.05, 0) is 95.3 Å². The molecule has 5 rings (SSSR count). The van der Waals surface area contributed by atoms with Crippen LogP contribution in [0.4, 0.5) is 39.5 Å². The molecule has 0 saturated heterocycles. The van der Waals surface area contributed by atoms with E-state index in [2.05, 4.69) is 4.98 Å². The third-order valence-electron chi connectivity index (χ3n) is 8.08. The maximum atomic E-state index is 14.8. The minimum Gasteiger partial charge on any atom is -0.256 e. The van der Waals surface area contributed by atoms with Crippen molar-refractivity contribution in [2.45, 2.75) is 83.6 Å². The van der Waals surface area contributed by atoms with Crippen molar-refractivity contribution < 1.29 is 47.7 Å². The predicted octanol–water partition coefficient (Wildman–Crippen LogP) is 12.1. The topological polar surface area (TPSA) is 12.9 Å². The molecule has 1 aromatic heterocycles. The number of hydrogen-bond acceptors (Lipinski definition) is 1. The Balaban J connectivity index is 1.88. The Kier molecular flexibility index (Phi) is 6.64. The number of fused-ring (bicyclic) bond motifs is 1. The van der Waals surface area contributed by atoms with Crippen LogP contribution in [0, 0.1) is 12.3 Å². The minimum absolute atomic E-state index is 0.123. The predicted molar refractivity (Wildman–Crippen MR) is 157 cm³/mol. The number of hydrogen-bond donors (Lipinski definition) is 0. The summed E-state index contributed by atoms with van der Waals surface area (Å²) >= 11 is 0. The van der Waals surface area contributed by atoms with Gasteiger partial charge < -0.3 is 0 Å². The van der Waals surface area contributed by atoms with Gasteiger partial charge in [-0.15, -0.1) is 0 Å². The first-order valence-electron chi connectivity index (χ1n) is 17.1. The van der Waals surface area contributed by atoms with Gasteiger partial charge in [0.05, 0.1) is 22.2 Å². The Morgan fingerprint density at radius 3 is 2.04 bits per heavy atom. The number of benzene rings is 3. The molecule has 1 fully saturated rings. The second-order valence-electron chi connectivity index (χ2n) is 11.7. The average molecular weight is 644 g/mol. The Labute approximate surface area is 263 Å². The first-order chi connectivity index (χ1) is 23.2. The largest absolute Gasteiger partial charge is 0.417 e. The van der Waals surface area contributed by atoms with Crippen LogP contribution in [0.2, 0.25) is 0 Å². The summed E-state index contributed by atoms with van der Waals surface area (Å²) in [6.07, 6.45) is -16.6. The van der Waals surface area contributed by atoms with Gasteiger partial charge in [-0.1, -0.05) is 57.4 Å². The Morgan fingerprint density at radius 1 is 0.844 bits per heavy atom. The minimum atomic E-state index is -5.73. The average Bonchev–Trinajstić information content (AvgIpc) is 3.01. The van der Waals surface area contributed by atoms with E-state index in [4.69, 9.17) is 6.85 Å². The second kappa shape index (κ2) is 11.7. The summed E-state index contributed by atoms with van der Waals surface area (Å²) < 4.78 is 180. The quantitative estimate of drug-likeness (QED) is 0.197. The molecule has 1 aliphatic carbocycles. The first-order valence-corrected chi connectivity index (χ1v) is 14.1. The van der Waals surface area contributed by atoms with Crippen molar-refractivity contribution in [2.24, 2.45) is 5.41 Å². The first kappa shape index (κ1) is 25.6. The fourth-order valence-electron chi connectivity index (χ4n) is 5.70. The van der Waals surface area contributed by atoms with Crippen molar-refractivity contribution in [3.63, 3.8) is 0 Å². The molecule has 10 heteroatoms. The van der Waals surface area contributed by atoms with Gasteiger partial charge in [0, 0.05) is 25.5 Å². The van der Waals surface area contributed by atoms with E-state index in [0.29, 0.717) is 49.2 Å². The molecule has 1 aliphatic rings. The summed E-state index contributed by atoms with van der Waals surface area (Å²) in [5.74, 6) is -1.07. The number of halogens is 9. The maximum Gasteiger partial charge on any atom is 0.417 e. The van der Waals surface area contributed by atoms with Crippen LogP contribution >= 0.6 is 0 Å². The molecular formula is C35H32F9N. The van der Waals surface area contributed by atoms with Gasteiger partial charge >= 0.3 is 18.5 Å². The van der Waals surface area contributed by atoms with Crippen LogP contribution in [0.25, 0.3) is 33.2 Å². The van der Waals surface area contributed by atoms with Crippen LogP contribution in [-0.4, -0.2) is 11.2 Å². The lowest BCUT2D eigenvalue weighted by Crippen LogP contribution is -2.34. The molecule has 1 nitrogen and oxygen atoms in total. The van der Waals surface area contributed by atoms with E-state index < -0.39 is 76.4 Å². The lowest BCUT2D eigenvalue weighted by atomic mass is 9.81. The van der Waals surface area contributed by atoms with Crippen LogP contribution in [0.1, 0.15) is 87.9 Å². The summed E-state index contributed by atoms with van der Waals surface area (Å²) in [4.78, 5) is 4.15. The van der Waals surface area contributed by atoms with Crippen molar-refractivity contribution in [2.75, 3.05) is 0 Å². The molecule has 0 atom stereocenters. The van der Waals surface area contributed by atoms with Crippen LogP contribution in [0.5, 0.6) is 0 Å². The summed E-state index contributed by atoms with van der Waals surface area (Å²) in [6.45, 7) is -2.69. The van der Waals surface area contributed by atoms with Gasteiger partial charge in [-0.25, -0.2) is 0 Å². The summed E-state index contributed by atoms with van der Waals surface area (Å²) in [7, 11) is 0. The molecule has 240 valence electrons. The van der Waals surface area contributed by atoms with Crippen LogP contribution < -0.4 is 0 Å². The molecule has 1 saturated carbocycles. The van der Waals surface area contributed by atoms with Crippen LogP contribution in [0.3, 0.4) is 0 Å². The Morgan fingerprint density at radius 2 is 1.47 bits per heavy atom. The van der Waals surface area contributed by atoms with E-state index in [0.717, 1.165) is 25.3 Å². The molecule has 0 aliphatic heterocycles. The highest BCUT2D eigenvalue weighted by atomic mass is 19.4. The molecule has 45 heavy (non-hydrogen) atoms. The highest BCUT2D eigenvalue weighted by Crippen LogP contribution is 2.49. The van der Waals surface area contributed by atoms with E-state index in [9.17, 15) is 40.9 Å². The molecule has 0 radical (unpaired) electrons. The van der Waals surface area contributed by atoms with Gasteiger partial charge in [0.25, 0.3) is 0 Å². The monoisotopic (exact) mass is 643 g/mol. The lowest BCUT2D eigenvalue weighted by Gasteiger charge is -2.29. The number of rotatable bonds is 5. The zero-order chi connectivity index (χ0) is 38.2. The molecular weight excluding hydrogens is 605 g/mol. The fraction of sp³-hybridized carbons (Fsp3) is 0.400. The summed E-state index contributed by atoms with van der Waals surface area (Å²) in [5.41, 5.74) is -12.6. The molecule has 4 aromatic rings. The van der Waals surface area contributed by atoms with Gasteiger partial charge in [-0.2, -0.15) is 39.5 Å². The second-order valence-corrected chi connectivity index (χ2v) is 11.7. The maximum absolute atomic E-state index is 14.8. The van der Waals surface area contributed by atoms with E-state index >= 15 is 0 Å². The zero-order valence-electron chi connectivity index (χ0n) is 30.2. The molecule has 0 unspecified atom stereocenters. The third-order valence-corrected chi connectivity index (χ3v) is 8.08. The van der Waals surface area contributed by atoms with Crippen molar-refractivity contribution in [1.82, 2.24) is 4.98 Å². The van der Waals surface area contributed by atoms with E-state index in [1.807, 2.05) is 0 Å². The van der Waals surface area contributed by atoms with E-state index in [-0.39, 0.29) is 23.4 Å². The summed E-state index contributed by atoms with van der Waals surface area (Å²) in [5, 5.41) is 1.30. The highest BCUT2D eigenvalue weighted by molar-refractivity contribution is 5.91. The SMILES string of the molecule is [2H]C([2H])([2H])c1cnc(-c2cc(C3([2H])CCCCC3)c3ccccc3c2)cc1-c1c(C(F)(F)F)cc(C([2H])([2H])C(C)(C)C(F)(F)F)cc1C(F)(F)F. The standard InChI is InChI=1S/C35H32F9N/c1-20-19-45-30(24-15-23-11-7-8-12-25(23)27(16-24)22-9-5-4-6-10-22)17-26(20)31-28(33(36,37)38)13-21(14-29(31)34(39,40)41)18-32(2,3)35(42,43)44/h7-8,11-17,19,22H,4-6,9-10,18H2,1-3H3/i1D3,18D2,22D. The number of nitrogens with zero attached hydrogens (tertiary/aromatic N) is 1. The lowest BCUT2D eigenvalue weighted by molar-refractivity contribution is -0.211. The van der Waals surface area contributed by atoms with Gasteiger partial charge in [0.1, 0.15) is 0 Å². The molecule has 0 spiro atoms. The molecule has 3 aromatic carbocycles. The molecule has 0 amide bonds. The van der Waals surface area contributed by atoms with E-state index in [1.165, 1.54) is 0 Å². The van der Waals surface area contributed by atoms with E-state index in [1.54, 1.807) is 36.4 Å². The number of aromatic nitrogens is 1. The van der Waals surface area contributed by atoms with Gasteiger partial charge in [0.15, 0.2) is 0 Å². The number of pyridine rings is 1. The Bertz CT molecular complexity index is 1920. The smallest absolute Gasteiger partial charge is 0.256 e. The van der Waals surface area contributed by atoms with Crippen LogP contribution in [-0.2, 0) is 18.7 Å². The van der Waals surface area contributed by atoms with Crippen molar-refractivity contribution in [3.8, 4) is 22.4 Å².